The monoisotopic (exact) mass is 864 g/mol. The first-order chi connectivity index (χ1) is 30.5. The van der Waals surface area contributed by atoms with Gasteiger partial charge >= 0.3 is 23.9 Å². The Bertz CT molecular complexity index is 2390. The Labute approximate surface area is 364 Å². The van der Waals surface area contributed by atoms with Gasteiger partial charge in [-0.25, -0.2) is 9.59 Å². The van der Waals surface area contributed by atoms with Crippen molar-refractivity contribution in [2.75, 3.05) is 46.9 Å². The van der Waals surface area contributed by atoms with E-state index in [1.54, 1.807) is 7.11 Å². The third-order valence-electron chi connectivity index (χ3n) is 16.0. The Hall–Kier alpha value is -5.28. The second-order valence-electron chi connectivity index (χ2n) is 19.2. The molecule has 63 heavy (non-hydrogen) atoms. The number of ether oxygens (including phenoxy) is 9. The Balaban J connectivity index is 0.760. The van der Waals surface area contributed by atoms with Crippen molar-refractivity contribution in [2.45, 2.75) is 130 Å². The Morgan fingerprint density at radius 2 is 1.13 bits per heavy atom. The maximum Gasteiger partial charge on any atom is 0.351 e. The maximum atomic E-state index is 14.5. The molecule has 10 aliphatic rings. The van der Waals surface area contributed by atoms with E-state index in [2.05, 4.69) is 34.1 Å². The molecule has 2 aromatic rings. The fraction of sp³-hybridized carbons (Fsp3) is 0.583. The summed E-state index contributed by atoms with van der Waals surface area (Å²) in [5.74, 6) is 0.769. The standard InChI is InChI=1S/C48H52N2O13/c1-27-21-45-9-5-13-49(45)15-7-28-17-32-34(58-25-56-32)19-30(28)39(45)41(27)60-43(53)47(23-37(51)62-47)11-3-4-12-48(24-38(52)63-48)44(54)61-42-36(55-2)22-46-10-6-14-50(46)16-8-29-18-33-35(59-26-57-33)20-31(29)40(42)46/h17-22,39-42H,3-16,23-26H2,1-2H3/t39-,40-,41-,42-,45+,46+,47-,48-/m1/s1. The number of unbranched alkanes of at least 4 members (excludes halogenated alkanes) is 1. The molecule has 4 saturated heterocycles. The molecule has 15 nitrogen and oxygen atoms in total. The molecule has 0 bridgehead atoms. The molecule has 0 amide bonds. The molecule has 0 N–H and O–H groups in total. The lowest BCUT2D eigenvalue weighted by molar-refractivity contribution is -0.214. The lowest BCUT2D eigenvalue weighted by atomic mass is 9.77. The summed E-state index contributed by atoms with van der Waals surface area (Å²) in [5, 5.41) is 0. The number of carbonyl (C=O) groups excluding carboxylic acids is 4. The molecule has 2 spiro atoms. The van der Waals surface area contributed by atoms with Crippen LogP contribution in [0.15, 0.2) is 47.7 Å². The van der Waals surface area contributed by atoms with Crippen molar-refractivity contribution in [3.05, 3.63) is 70.0 Å². The van der Waals surface area contributed by atoms with Crippen LogP contribution >= 0.6 is 0 Å². The molecule has 4 fully saturated rings. The Kier molecular flexibility index (Phi) is 8.81. The summed E-state index contributed by atoms with van der Waals surface area (Å²) < 4.78 is 53.6. The van der Waals surface area contributed by atoms with Gasteiger partial charge in [0.25, 0.3) is 0 Å². The zero-order valence-electron chi connectivity index (χ0n) is 35.7. The van der Waals surface area contributed by atoms with Crippen molar-refractivity contribution in [2.24, 2.45) is 0 Å². The van der Waals surface area contributed by atoms with Crippen molar-refractivity contribution < 1.29 is 61.8 Å². The molecule has 8 atom stereocenters. The molecular weight excluding hydrogens is 813 g/mol. The van der Waals surface area contributed by atoms with Gasteiger partial charge in [0.05, 0.1) is 36.9 Å². The van der Waals surface area contributed by atoms with Gasteiger partial charge in [-0.1, -0.05) is 6.08 Å². The number of carbonyl (C=O) groups is 4. The highest BCUT2D eigenvalue weighted by atomic mass is 16.7. The Morgan fingerprint density at radius 1 is 0.667 bits per heavy atom. The SMILES string of the molecule is COC1=C[C@]23CCCN2CCc2cc4c(cc2[C@@H]3[C@@H]1OC(=O)[C@@]1(CCCC[C@]2(C(=O)O[C@@H]3C(C)=C[C@]56CCCN5CCc5cc7c(cc5[C@H]36)OCO7)CC(=O)O2)CC(=O)O1)OCO4. The van der Waals surface area contributed by atoms with Crippen LogP contribution in [0.25, 0.3) is 0 Å². The molecule has 2 aliphatic carbocycles. The first-order valence-electron chi connectivity index (χ1n) is 22.7. The van der Waals surface area contributed by atoms with Crippen LogP contribution in [0.2, 0.25) is 0 Å². The highest BCUT2D eigenvalue weighted by molar-refractivity contribution is 5.94. The van der Waals surface area contributed by atoms with Crippen molar-refractivity contribution in [3.63, 3.8) is 0 Å². The number of nitrogens with zero attached hydrogens (tertiary/aromatic N) is 2. The zero-order chi connectivity index (χ0) is 42.9. The second-order valence-corrected chi connectivity index (χ2v) is 19.2. The highest BCUT2D eigenvalue weighted by Crippen LogP contribution is 2.58. The molecular formula is C48H52N2O13. The fourth-order valence-corrected chi connectivity index (χ4v) is 13.2. The van der Waals surface area contributed by atoms with Gasteiger partial charge in [0.2, 0.25) is 24.8 Å². The lowest BCUT2D eigenvalue weighted by Gasteiger charge is -2.42. The summed E-state index contributed by atoms with van der Waals surface area (Å²) in [6.07, 6.45) is 9.52. The third kappa shape index (κ3) is 5.76. The molecule has 0 aromatic heterocycles. The average Bonchev–Trinajstić information content (AvgIpc) is 4.11. The van der Waals surface area contributed by atoms with E-state index < -0.39 is 52.8 Å². The largest absolute Gasteiger partial charge is 0.497 e. The minimum Gasteiger partial charge on any atom is -0.497 e. The van der Waals surface area contributed by atoms with Crippen LogP contribution in [-0.2, 0) is 55.7 Å². The van der Waals surface area contributed by atoms with Gasteiger partial charge in [-0.3, -0.25) is 19.4 Å². The van der Waals surface area contributed by atoms with Crippen molar-refractivity contribution in [1.29, 1.82) is 0 Å². The van der Waals surface area contributed by atoms with Crippen molar-refractivity contribution in [3.8, 4) is 23.0 Å². The van der Waals surface area contributed by atoms with E-state index in [0.717, 1.165) is 98.3 Å². The van der Waals surface area contributed by atoms with Crippen LogP contribution in [0.5, 0.6) is 23.0 Å². The summed E-state index contributed by atoms with van der Waals surface area (Å²) in [4.78, 5) is 58.9. The Morgan fingerprint density at radius 3 is 1.62 bits per heavy atom. The quantitative estimate of drug-likeness (QED) is 0.135. The van der Waals surface area contributed by atoms with Crippen LogP contribution < -0.4 is 18.9 Å². The minimum atomic E-state index is -1.50. The van der Waals surface area contributed by atoms with Gasteiger partial charge in [-0.05, 0) is 142 Å². The number of hydrogen-bond acceptors (Lipinski definition) is 15. The number of hydrogen-bond donors (Lipinski definition) is 0. The molecule has 8 aliphatic heterocycles. The molecule has 332 valence electrons. The molecule has 8 heterocycles. The number of esters is 4. The predicted octanol–water partition coefficient (Wildman–Crippen LogP) is 5.05. The van der Waals surface area contributed by atoms with E-state index in [4.69, 9.17) is 42.6 Å². The number of benzene rings is 2. The maximum absolute atomic E-state index is 14.5. The summed E-state index contributed by atoms with van der Waals surface area (Å²) >= 11 is 0. The second kappa shape index (κ2) is 14.1. The van der Waals surface area contributed by atoms with Crippen molar-refractivity contribution in [1.82, 2.24) is 9.80 Å². The summed E-state index contributed by atoms with van der Waals surface area (Å²) in [5.41, 5.74) is 1.69. The summed E-state index contributed by atoms with van der Waals surface area (Å²) in [7, 11) is 1.60. The summed E-state index contributed by atoms with van der Waals surface area (Å²) in [6.45, 7) is 5.93. The normalized spacial score (nSPS) is 35.1. The van der Waals surface area contributed by atoms with Crippen LogP contribution in [0.4, 0.5) is 0 Å². The van der Waals surface area contributed by atoms with E-state index in [0.29, 0.717) is 35.8 Å². The van der Waals surface area contributed by atoms with E-state index in [1.165, 1.54) is 0 Å². The van der Waals surface area contributed by atoms with Crippen LogP contribution in [-0.4, -0.2) is 115 Å². The molecule has 0 saturated carbocycles. The smallest absolute Gasteiger partial charge is 0.351 e. The predicted molar refractivity (Wildman–Crippen MR) is 219 cm³/mol. The van der Waals surface area contributed by atoms with E-state index >= 15 is 0 Å². The van der Waals surface area contributed by atoms with Gasteiger partial charge < -0.3 is 42.6 Å². The van der Waals surface area contributed by atoms with Crippen LogP contribution in [0, 0.1) is 0 Å². The first-order valence-corrected chi connectivity index (χ1v) is 22.7. The van der Waals surface area contributed by atoms with Crippen molar-refractivity contribution >= 4 is 23.9 Å². The van der Waals surface area contributed by atoms with Crippen LogP contribution in [0.3, 0.4) is 0 Å². The van der Waals surface area contributed by atoms with Gasteiger partial charge in [-0.15, -0.1) is 0 Å². The lowest BCUT2D eigenvalue weighted by Crippen LogP contribution is -2.57. The molecule has 12 rings (SSSR count). The topological polar surface area (TPSA) is 158 Å². The van der Waals surface area contributed by atoms with Gasteiger partial charge in [-0.2, -0.15) is 0 Å². The first kappa shape index (κ1) is 39.3. The molecule has 2 aromatic carbocycles. The van der Waals surface area contributed by atoms with E-state index in [9.17, 15) is 19.2 Å². The van der Waals surface area contributed by atoms with Gasteiger partial charge in [0.1, 0.15) is 11.9 Å². The average molecular weight is 865 g/mol. The van der Waals surface area contributed by atoms with Crippen LogP contribution in [0.1, 0.15) is 105 Å². The molecule has 15 heteroatoms. The molecule has 0 radical (unpaired) electrons. The van der Waals surface area contributed by atoms with E-state index in [1.807, 2.05) is 19.1 Å². The third-order valence-corrected chi connectivity index (χ3v) is 16.0. The fourth-order valence-electron chi connectivity index (χ4n) is 13.2. The van der Waals surface area contributed by atoms with Gasteiger partial charge in [0, 0.05) is 19.0 Å². The minimum absolute atomic E-state index is 0.101. The molecule has 0 unspecified atom stereocenters. The number of methoxy groups -OCH3 is 1. The summed E-state index contributed by atoms with van der Waals surface area (Å²) in [6, 6.07) is 8.22. The zero-order valence-corrected chi connectivity index (χ0v) is 35.7. The van der Waals surface area contributed by atoms with E-state index in [-0.39, 0.29) is 56.6 Å². The number of fused-ring (bicyclic) bond motifs is 6. The number of cyclic esters (lactones) is 2. The number of rotatable bonds is 10. The highest BCUT2D eigenvalue weighted by Gasteiger charge is 2.62. The van der Waals surface area contributed by atoms with Gasteiger partial charge in [0.15, 0.2) is 29.1 Å².